The van der Waals surface area contributed by atoms with E-state index in [9.17, 15) is 24.0 Å². The maximum Gasteiger partial charge on any atom is 0.540 e. The van der Waals surface area contributed by atoms with Crippen molar-refractivity contribution in [1.82, 2.24) is 0 Å². The minimum absolute atomic E-state index is 0.0266. The van der Waals surface area contributed by atoms with Gasteiger partial charge in [-0.1, -0.05) is 69.2 Å². The van der Waals surface area contributed by atoms with E-state index in [-0.39, 0.29) is 36.5 Å². The van der Waals surface area contributed by atoms with Gasteiger partial charge < -0.3 is 28.4 Å². The third kappa shape index (κ3) is 20.6. The van der Waals surface area contributed by atoms with E-state index in [0.717, 1.165) is 0 Å². The Morgan fingerprint density at radius 2 is 0.500 bits per heavy atom. The van der Waals surface area contributed by atoms with Crippen molar-refractivity contribution in [3.05, 3.63) is 0 Å². The number of hydrogen-bond donors (Lipinski definition) is 0. The summed E-state index contributed by atoms with van der Waals surface area (Å²) in [6.45, 7) is 29.1. The first-order valence-electron chi connectivity index (χ1n) is 20.3. The van der Waals surface area contributed by atoms with Crippen molar-refractivity contribution in [2.75, 3.05) is 39.6 Å². The zero-order valence-corrected chi connectivity index (χ0v) is 39.2. The van der Waals surface area contributed by atoms with E-state index >= 15 is 0 Å². The van der Waals surface area contributed by atoms with E-state index < -0.39 is 104 Å². The average molecular weight is 871 g/mol. The molecule has 0 atom stereocenters. The lowest BCUT2D eigenvalue weighted by Crippen LogP contribution is -2.41. The Labute approximate surface area is 355 Å². The molecule has 0 aromatic carbocycles. The molecule has 0 aliphatic rings. The van der Waals surface area contributed by atoms with Gasteiger partial charge in [0.05, 0.1) is 10.8 Å². The minimum Gasteiger partial charge on any atom is -0.433 e. The average Bonchev–Trinajstić information content (AvgIpc) is 3.17. The molecule has 0 amide bonds. The van der Waals surface area contributed by atoms with Crippen molar-refractivity contribution in [2.24, 2.45) is 34.5 Å². The van der Waals surface area contributed by atoms with Crippen LogP contribution in [0.25, 0.3) is 0 Å². The predicted octanol–water partition coefficient (Wildman–Crippen LogP) is 10.0. The molecule has 0 aromatic heterocycles. The van der Waals surface area contributed by atoms with Crippen LogP contribution in [0.3, 0.4) is 0 Å². The van der Waals surface area contributed by atoms with Crippen LogP contribution < -0.4 is 0 Å². The highest BCUT2D eigenvalue weighted by molar-refractivity contribution is 5.61. The summed E-state index contributed by atoms with van der Waals surface area (Å²) in [6, 6.07) is 0. The van der Waals surface area contributed by atoms with Crippen molar-refractivity contribution in [3.63, 3.8) is 0 Å². The summed E-state index contributed by atoms with van der Waals surface area (Å²) in [5.41, 5.74) is -6.10. The van der Waals surface area contributed by atoms with Gasteiger partial charge in [0, 0.05) is 0 Å². The highest BCUT2D eigenvalue weighted by atomic mass is 17.3. The molecule has 0 spiro atoms. The van der Waals surface area contributed by atoms with Gasteiger partial charge in [0.25, 0.3) is 0 Å². The van der Waals surface area contributed by atoms with Gasteiger partial charge in [-0.05, 0) is 91.9 Å². The normalized spacial score (nSPS) is 12.9. The summed E-state index contributed by atoms with van der Waals surface area (Å²) in [4.78, 5) is 104. The summed E-state index contributed by atoms with van der Waals surface area (Å²) >= 11 is 0. The van der Waals surface area contributed by atoms with E-state index in [1.54, 1.807) is 69.2 Å². The molecule has 0 radical (unpaired) electrons. The molecule has 0 heterocycles. The number of rotatable bonds is 26. The SMILES string of the molecule is CCC(COC(=O)OCC(CC)(COC(=O)OOC(C)(C)C(C)C)COC(=O)OOC(C)(C)C(C)C)(COC(=O)OOC(C)(C)C(C)C)COC(=O)OOC(C)(C)C(C)C. The Bertz CT molecular complexity index is 1160. The van der Waals surface area contributed by atoms with Crippen molar-refractivity contribution in [3.8, 4) is 0 Å². The molecule has 0 N–H and O–H groups in total. The zero-order valence-electron chi connectivity index (χ0n) is 39.2. The van der Waals surface area contributed by atoms with Crippen LogP contribution in [0.5, 0.6) is 0 Å². The number of carbonyl (C=O) groups is 5. The summed E-state index contributed by atoms with van der Waals surface area (Å²) in [5, 5.41) is 0. The van der Waals surface area contributed by atoms with Crippen molar-refractivity contribution < 1.29 is 91.5 Å². The lowest BCUT2D eigenvalue weighted by atomic mass is 9.88. The third-order valence-corrected chi connectivity index (χ3v) is 11.3. The predicted molar refractivity (Wildman–Crippen MR) is 212 cm³/mol. The van der Waals surface area contributed by atoms with Crippen LogP contribution in [0, 0.1) is 34.5 Å². The Morgan fingerprint density at radius 1 is 0.333 bits per heavy atom. The monoisotopic (exact) mass is 870 g/mol. The van der Waals surface area contributed by atoms with Crippen LogP contribution in [0.2, 0.25) is 0 Å². The second-order valence-corrected chi connectivity index (χ2v) is 18.4. The molecule has 0 aliphatic carbocycles. The molecule has 0 fully saturated rings. The Balaban J connectivity index is 6.10. The molecule has 0 aromatic rings. The summed E-state index contributed by atoms with van der Waals surface area (Å²) in [7, 11) is 0. The van der Waals surface area contributed by atoms with Gasteiger partial charge in [0.2, 0.25) is 0 Å². The van der Waals surface area contributed by atoms with E-state index in [4.69, 9.17) is 67.5 Å². The third-order valence-electron chi connectivity index (χ3n) is 11.3. The molecular formula is C41H74O19. The Morgan fingerprint density at radius 3 is 0.650 bits per heavy atom. The first kappa shape index (κ1) is 56.2. The van der Waals surface area contributed by atoms with Crippen molar-refractivity contribution in [2.45, 2.75) is 160 Å². The minimum atomic E-state index is -1.37. The molecule has 352 valence electrons. The van der Waals surface area contributed by atoms with Gasteiger partial charge in [-0.2, -0.15) is 19.6 Å². The van der Waals surface area contributed by atoms with E-state index in [1.807, 2.05) is 55.4 Å². The van der Waals surface area contributed by atoms with Gasteiger partial charge in [-0.25, -0.2) is 24.0 Å². The van der Waals surface area contributed by atoms with Crippen molar-refractivity contribution in [1.29, 1.82) is 0 Å². The highest BCUT2D eigenvalue weighted by Gasteiger charge is 2.39. The maximum atomic E-state index is 13.2. The van der Waals surface area contributed by atoms with Gasteiger partial charge in [-0.3, -0.25) is 19.6 Å². The molecule has 19 heteroatoms. The van der Waals surface area contributed by atoms with Gasteiger partial charge >= 0.3 is 30.8 Å². The molecule has 0 bridgehead atoms. The fourth-order valence-corrected chi connectivity index (χ4v) is 3.22. The summed E-state index contributed by atoms with van der Waals surface area (Å²) in [6.07, 6.45) is -5.79. The molecule has 0 saturated carbocycles. The summed E-state index contributed by atoms with van der Waals surface area (Å²) in [5.74, 6) is -0.106. The van der Waals surface area contributed by atoms with E-state index in [0.29, 0.717) is 0 Å². The molecule has 0 rings (SSSR count). The van der Waals surface area contributed by atoms with Crippen LogP contribution in [-0.2, 0) is 67.5 Å². The number of ether oxygens (including phenoxy) is 6. The van der Waals surface area contributed by atoms with Crippen LogP contribution in [-0.4, -0.2) is 92.8 Å². The molecule has 19 nitrogen and oxygen atoms in total. The fourth-order valence-electron chi connectivity index (χ4n) is 3.22. The smallest absolute Gasteiger partial charge is 0.433 e. The second kappa shape index (κ2) is 24.6. The van der Waals surface area contributed by atoms with Gasteiger partial charge in [-0.15, -0.1) is 0 Å². The standard InChI is InChI=1S/C41H74O19/c1-19-40(23-49-32(43)53-57-36(11,12)27(3)4,24-50-33(44)54-58-37(13,14)28(5)6)21-47-31(42)48-22-41(20-2,25-51-34(45)55-59-38(15,16)29(7)8)26-52-35(46)56-60-39(17,18)30(9)10/h27-30H,19-26H2,1-18H3. The molecule has 60 heavy (non-hydrogen) atoms. The fraction of sp³-hybridized carbons (Fsp3) is 0.878. The van der Waals surface area contributed by atoms with Crippen molar-refractivity contribution >= 4 is 30.8 Å². The maximum absolute atomic E-state index is 13.2. The van der Waals surface area contributed by atoms with Crippen LogP contribution in [0.1, 0.15) is 137 Å². The Kier molecular flexibility index (Phi) is 23.0. The number of carbonyl (C=O) groups excluding carboxylic acids is 5. The lowest BCUT2D eigenvalue weighted by molar-refractivity contribution is -0.330. The van der Waals surface area contributed by atoms with Crippen LogP contribution >= 0.6 is 0 Å². The van der Waals surface area contributed by atoms with Gasteiger partial charge in [0.15, 0.2) is 0 Å². The second-order valence-electron chi connectivity index (χ2n) is 18.4. The topological polar surface area (TPSA) is 215 Å². The molecule has 0 saturated heterocycles. The van der Waals surface area contributed by atoms with E-state index in [1.165, 1.54) is 0 Å². The van der Waals surface area contributed by atoms with Gasteiger partial charge in [0.1, 0.15) is 62.0 Å². The zero-order chi connectivity index (χ0) is 46.8. The molecule has 0 aliphatic heterocycles. The van der Waals surface area contributed by atoms with Crippen LogP contribution in [0.15, 0.2) is 0 Å². The number of hydrogen-bond acceptors (Lipinski definition) is 19. The Hall–Kier alpha value is -3.81. The lowest BCUT2D eigenvalue weighted by Gasteiger charge is -2.32. The first-order chi connectivity index (χ1) is 27.4. The molecular weight excluding hydrogens is 796 g/mol. The van der Waals surface area contributed by atoms with E-state index in [2.05, 4.69) is 0 Å². The molecule has 0 unspecified atom stereocenters. The summed E-state index contributed by atoms with van der Waals surface area (Å²) < 4.78 is 32.1. The van der Waals surface area contributed by atoms with Crippen LogP contribution in [0.4, 0.5) is 24.0 Å². The first-order valence-corrected chi connectivity index (χ1v) is 20.3. The largest absolute Gasteiger partial charge is 0.540 e. The highest BCUT2D eigenvalue weighted by Crippen LogP contribution is 2.29. The quantitative estimate of drug-likeness (QED) is 0.0342.